The van der Waals surface area contributed by atoms with E-state index >= 15 is 0 Å². The number of hydrogen-bond donors (Lipinski definition) is 0. The van der Waals surface area contributed by atoms with Gasteiger partial charge in [0.2, 0.25) is 0 Å². The standard InChI is InChI=1S/C20H40/c1-17-10-6-5-7-11-19(3)16-20(4)15-9-14-18(2)13-8-12-17/h17-20H,5-16H2,1-4H3. The average Bonchev–Trinajstić information content (AvgIpc) is 2.37. The molecule has 0 aromatic carbocycles. The van der Waals surface area contributed by atoms with Crippen LogP contribution in [0.5, 0.6) is 0 Å². The number of hydrogen-bond acceptors (Lipinski definition) is 0. The van der Waals surface area contributed by atoms with Crippen molar-refractivity contribution in [3.63, 3.8) is 0 Å². The molecular formula is C20H40. The zero-order valence-electron chi connectivity index (χ0n) is 14.8. The normalized spacial score (nSPS) is 36.6. The topological polar surface area (TPSA) is 0 Å². The second-order valence-electron chi connectivity index (χ2n) is 8.16. The first-order valence-corrected chi connectivity index (χ1v) is 9.58. The third-order valence-corrected chi connectivity index (χ3v) is 5.49. The van der Waals surface area contributed by atoms with Gasteiger partial charge in [-0.3, -0.25) is 0 Å². The molecule has 0 radical (unpaired) electrons. The lowest BCUT2D eigenvalue weighted by Crippen LogP contribution is -2.05. The Bertz CT molecular complexity index is 220. The Morgan fingerprint density at radius 3 is 1.25 bits per heavy atom. The van der Waals surface area contributed by atoms with E-state index in [0.717, 1.165) is 23.7 Å². The predicted octanol–water partition coefficient (Wildman–Crippen LogP) is 7.23. The maximum Gasteiger partial charge on any atom is -0.0440 e. The second-order valence-corrected chi connectivity index (χ2v) is 8.16. The highest BCUT2D eigenvalue weighted by Gasteiger charge is 2.11. The molecule has 0 nitrogen and oxygen atoms in total. The van der Waals surface area contributed by atoms with Gasteiger partial charge in [0.1, 0.15) is 0 Å². The van der Waals surface area contributed by atoms with Gasteiger partial charge in [0.25, 0.3) is 0 Å². The predicted molar refractivity (Wildman–Crippen MR) is 92.1 cm³/mol. The highest BCUT2D eigenvalue weighted by atomic mass is 14.2. The van der Waals surface area contributed by atoms with Crippen LogP contribution in [-0.4, -0.2) is 0 Å². The van der Waals surface area contributed by atoms with Crippen molar-refractivity contribution in [1.29, 1.82) is 0 Å². The zero-order chi connectivity index (χ0) is 14.8. The second kappa shape index (κ2) is 10.7. The molecule has 120 valence electrons. The fraction of sp³-hybridized carbons (Fsp3) is 1.00. The molecular weight excluding hydrogens is 240 g/mol. The Kier molecular flexibility index (Phi) is 9.65. The lowest BCUT2D eigenvalue weighted by molar-refractivity contribution is 0.333. The van der Waals surface area contributed by atoms with Crippen LogP contribution < -0.4 is 0 Å². The molecule has 1 aliphatic carbocycles. The maximum absolute atomic E-state index is 2.48. The molecule has 0 bridgehead atoms. The molecule has 0 amide bonds. The summed E-state index contributed by atoms with van der Waals surface area (Å²) >= 11 is 0. The van der Waals surface area contributed by atoms with E-state index in [1.165, 1.54) is 77.0 Å². The Morgan fingerprint density at radius 1 is 0.400 bits per heavy atom. The van der Waals surface area contributed by atoms with Crippen LogP contribution in [0.1, 0.15) is 105 Å². The van der Waals surface area contributed by atoms with Gasteiger partial charge in [-0.25, -0.2) is 0 Å². The Labute approximate surface area is 129 Å². The minimum Gasteiger partial charge on any atom is -0.0625 e. The first-order chi connectivity index (χ1) is 9.58. The van der Waals surface area contributed by atoms with Gasteiger partial charge in [-0.2, -0.15) is 0 Å². The molecule has 0 spiro atoms. The minimum absolute atomic E-state index is 0.949. The van der Waals surface area contributed by atoms with Crippen molar-refractivity contribution in [2.45, 2.75) is 105 Å². The summed E-state index contributed by atoms with van der Waals surface area (Å²) in [5, 5.41) is 0. The first kappa shape index (κ1) is 18.1. The summed E-state index contributed by atoms with van der Waals surface area (Å²) in [5.74, 6) is 3.82. The van der Waals surface area contributed by atoms with Gasteiger partial charge in [0.15, 0.2) is 0 Å². The molecule has 0 aromatic rings. The molecule has 1 fully saturated rings. The van der Waals surface area contributed by atoms with Crippen molar-refractivity contribution < 1.29 is 0 Å². The summed E-state index contributed by atoms with van der Waals surface area (Å²) in [6, 6.07) is 0. The fourth-order valence-electron chi connectivity index (χ4n) is 4.00. The van der Waals surface area contributed by atoms with E-state index in [1.54, 1.807) is 0 Å². The molecule has 1 saturated carbocycles. The average molecular weight is 281 g/mol. The van der Waals surface area contributed by atoms with Crippen LogP contribution in [0, 0.1) is 23.7 Å². The van der Waals surface area contributed by atoms with Crippen LogP contribution in [0.2, 0.25) is 0 Å². The van der Waals surface area contributed by atoms with Crippen molar-refractivity contribution in [2.75, 3.05) is 0 Å². The van der Waals surface area contributed by atoms with Gasteiger partial charge in [-0.05, 0) is 30.1 Å². The van der Waals surface area contributed by atoms with Gasteiger partial charge in [0, 0.05) is 0 Å². The Morgan fingerprint density at radius 2 is 0.750 bits per heavy atom. The summed E-state index contributed by atoms with van der Waals surface area (Å²) in [7, 11) is 0. The van der Waals surface area contributed by atoms with Crippen LogP contribution in [-0.2, 0) is 0 Å². The van der Waals surface area contributed by atoms with Gasteiger partial charge in [-0.1, -0.05) is 98.3 Å². The summed E-state index contributed by atoms with van der Waals surface area (Å²) in [5.41, 5.74) is 0. The van der Waals surface area contributed by atoms with Gasteiger partial charge in [-0.15, -0.1) is 0 Å². The molecule has 0 saturated heterocycles. The lowest BCUT2D eigenvalue weighted by atomic mass is 9.87. The van der Waals surface area contributed by atoms with Crippen molar-refractivity contribution in [3.8, 4) is 0 Å². The number of rotatable bonds is 0. The highest BCUT2D eigenvalue weighted by Crippen LogP contribution is 2.26. The maximum atomic E-state index is 2.48. The SMILES string of the molecule is CC1CCCCCC(C)CC(C)CCCC(C)CCC1. The zero-order valence-corrected chi connectivity index (χ0v) is 14.8. The summed E-state index contributed by atoms with van der Waals surface area (Å²) in [6.45, 7) is 9.90. The van der Waals surface area contributed by atoms with Gasteiger partial charge in [0.05, 0.1) is 0 Å². The van der Waals surface area contributed by atoms with E-state index in [1.807, 2.05) is 0 Å². The van der Waals surface area contributed by atoms with Crippen molar-refractivity contribution in [3.05, 3.63) is 0 Å². The van der Waals surface area contributed by atoms with E-state index in [2.05, 4.69) is 27.7 Å². The van der Waals surface area contributed by atoms with Crippen LogP contribution >= 0.6 is 0 Å². The summed E-state index contributed by atoms with van der Waals surface area (Å²) < 4.78 is 0. The highest BCUT2D eigenvalue weighted by molar-refractivity contribution is 4.64. The van der Waals surface area contributed by atoms with E-state index in [9.17, 15) is 0 Å². The Balaban J connectivity index is 2.34. The molecule has 0 heterocycles. The van der Waals surface area contributed by atoms with Crippen molar-refractivity contribution in [2.24, 2.45) is 23.7 Å². The van der Waals surface area contributed by atoms with E-state index in [4.69, 9.17) is 0 Å². The summed E-state index contributed by atoms with van der Waals surface area (Å²) in [4.78, 5) is 0. The van der Waals surface area contributed by atoms with Crippen molar-refractivity contribution in [1.82, 2.24) is 0 Å². The van der Waals surface area contributed by atoms with Gasteiger partial charge >= 0.3 is 0 Å². The molecule has 0 heteroatoms. The Hall–Kier alpha value is 0. The van der Waals surface area contributed by atoms with E-state index in [-0.39, 0.29) is 0 Å². The first-order valence-electron chi connectivity index (χ1n) is 9.58. The monoisotopic (exact) mass is 280 g/mol. The summed E-state index contributed by atoms with van der Waals surface area (Å²) in [6.07, 6.45) is 17.6. The van der Waals surface area contributed by atoms with Crippen molar-refractivity contribution >= 4 is 0 Å². The van der Waals surface area contributed by atoms with Crippen LogP contribution in [0.25, 0.3) is 0 Å². The largest absolute Gasteiger partial charge is 0.0625 e. The molecule has 4 atom stereocenters. The third kappa shape index (κ3) is 9.03. The van der Waals surface area contributed by atoms with Crippen LogP contribution in [0.3, 0.4) is 0 Å². The van der Waals surface area contributed by atoms with Crippen LogP contribution in [0.15, 0.2) is 0 Å². The fourth-order valence-corrected chi connectivity index (χ4v) is 4.00. The minimum atomic E-state index is 0.949. The molecule has 1 aliphatic rings. The molecule has 0 aromatic heterocycles. The molecule has 20 heavy (non-hydrogen) atoms. The molecule has 0 aliphatic heterocycles. The van der Waals surface area contributed by atoms with E-state index in [0.29, 0.717) is 0 Å². The lowest BCUT2D eigenvalue weighted by Gasteiger charge is -2.19. The quantitative estimate of drug-likeness (QED) is 0.439. The third-order valence-electron chi connectivity index (χ3n) is 5.49. The van der Waals surface area contributed by atoms with Gasteiger partial charge < -0.3 is 0 Å². The van der Waals surface area contributed by atoms with Crippen LogP contribution in [0.4, 0.5) is 0 Å². The molecule has 4 unspecified atom stereocenters. The van der Waals surface area contributed by atoms with E-state index < -0.39 is 0 Å². The smallest absolute Gasteiger partial charge is 0.0440 e. The molecule has 0 N–H and O–H groups in total. The molecule has 1 rings (SSSR count).